The number of carbonyl (C=O) groups is 1. The van der Waals surface area contributed by atoms with Crippen LogP contribution in [0.3, 0.4) is 0 Å². The molecule has 0 radical (unpaired) electrons. The van der Waals surface area contributed by atoms with Crippen LogP contribution >= 0.6 is 0 Å². The third-order valence-electron chi connectivity index (χ3n) is 2.86. The fraction of sp³-hybridized carbons (Fsp3) is 0.286. The Kier molecular flexibility index (Phi) is 4.18. The molecule has 5 nitrogen and oxygen atoms in total. The minimum atomic E-state index is -0.129. The van der Waals surface area contributed by atoms with Gasteiger partial charge in [-0.2, -0.15) is 5.10 Å². The number of H-pyrrole nitrogens is 1. The van der Waals surface area contributed by atoms with Gasteiger partial charge in [0.25, 0.3) is 5.91 Å². The van der Waals surface area contributed by atoms with Crippen molar-refractivity contribution in [1.29, 1.82) is 0 Å². The van der Waals surface area contributed by atoms with Gasteiger partial charge in [-0.05, 0) is 25.0 Å². The lowest BCUT2D eigenvalue weighted by molar-refractivity contribution is 0.0940. The Morgan fingerprint density at radius 2 is 2.26 bits per heavy atom. The number of rotatable bonds is 5. The molecule has 100 valence electrons. The normalized spacial score (nSPS) is 11.9. The lowest BCUT2D eigenvalue weighted by Crippen LogP contribution is -2.33. The predicted octanol–water partition coefficient (Wildman–Crippen LogP) is 1.78. The zero-order valence-corrected chi connectivity index (χ0v) is 11.0. The van der Waals surface area contributed by atoms with Gasteiger partial charge in [0, 0.05) is 12.2 Å². The smallest absolute Gasteiger partial charge is 0.254 e. The molecule has 1 amide bonds. The number of benzene rings is 1. The standard InChI is InChI=1S/C14H17N3O2/c1-10(17-14(18)12-8-15-16-9-12)7-11-5-3-4-6-13(11)19-2/h3-6,8-10H,7H2,1-2H3,(H,15,16)(H,17,18). The highest BCUT2D eigenvalue weighted by Gasteiger charge is 2.12. The second-order valence-electron chi connectivity index (χ2n) is 4.38. The first-order chi connectivity index (χ1) is 9.20. The summed E-state index contributed by atoms with van der Waals surface area (Å²) in [7, 11) is 1.65. The van der Waals surface area contributed by atoms with Crippen LogP contribution in [0.2, 0.25) is 0 Å². The maximum absolute atomic E-state index is 11.9. The summed E-state index contributed by atoms with van der Waals surface area (Å²) in [5.74, 6) is 0.711. The molecule has 2 aromatic rings. The SMILES string of the molecule is COc1ccccc1CC(C)NC(=O)c1cn[nH]c1. The summed E-state index contributed by atoms with van der Waals surface area (Å²) in [5.41, 5.74) is 1.61. The van der Waals surface area contributed by atoms with E-state index in [-0.39, 0.29) is 11.9 Å². The Labute approximate surface area is 112 Å². The average Bonchev–Trinajstić information content (AvgIpc) is 2.93. The van der Waals surface area contributed by atoms with Gasteiger partial charge in [0.15, 0.2) is 0 Å². The summed E-state index contributed by atoms with van der Waals surface area (Å²) in [4.78, 5) is 11.9. The molecule has 0 bridgehead atoms. The fourth-order valence-corrected chi connectivity index (χ4v) is 1.93. The summed E-state index contributed by atoms with van der Waals surface area (Å²) < 4.78 is 5.30. The zero-order valence-electron chi connectivity index (χ0n) is 11.0. The van der Waals surface area contributed by atoms with Gasteiger partial charge in [0.05, 0.1) is 18.9 Å². The van der Waals surface area contributed by atoms with E-state index in [2.05, 4.69) is 15.5 Å². The summed E-state index contributed by atoms with van der Waals surface area (Å²) >= 11 is 0. The van der Waals surface area contributed by atoms with Gasteiger partial charge in [-0.3, -0.25) is 9.89 Å². The van der Waals surface area contributed by atoms with E-state index in [9.17, 15) is 4.79 Å². The largest absolute Gasteiger partial charge is 0.496 e. The quantitative estimate of drug-likeness (QED) is 0.860. The molecule has 1 heterocycles. The number of aromatic nitrogens is 2. The molecule has 0 aliphatic carbocycles. The maximum Gasteiger partial charge on any atom is 0.254 e. The summed E-state index contributed by atoms with van der Waals surface area (Å²) in [6.45, 7) is 1.96. The van der Waals surface area contributed by atoms with Crippen LogP contribution in [0.4, 0.5) is 0 Å². The molecule has 1 aromatic carbocycles. The molecular formula is C14H17N3O2. The van der Waals surface area contributed by atoms with Crippen molar-refractivity contribution in [3.8, 4) is 5.75 Å². The Bertz CT molecular complexity index is 537. The summed E-state index contributed by atoms with van der Waals surface area (Å²) in [5, 5.41) is 9.30. The molecule has 5 heteroatoms. The number of methoxy groups -OCH3 is 1. The first kappa shape index (κ1) is 13.1. The van der Waals surface area contributed by atoms with Gasteiger partial charge in [0.2, 0.25) is 0 Å². The Morgan fingerprint density at radius 1 is 1.47 bits per heavy atom. The van der Waals surface area contributed by atoms with Crippen LogP contribution in [0.1, 0.15) is 22.8 Å². The van der Waals surface area contributed by atoms with Crippen LogP contribution in [0.5, 0.6) is 5.75 Å². The lowest BCUT2D eigenvalue weighted by atomic mass is 10.1. The first-order valence-electron chi connectivity index (χ1n) is 6.12. The fourth-order valence-electron chi connectivity index (χ4n) is 1.93. The van der Waals surface area contributed by atoms with Crippen molar-refractivity contribution in [1.82, 2.24) is 15.5 Å². The molecule has 2 N–H and O–H groups in total. The van der Waals surface area contributed by atoms with Crippen molar-refractivity contribution < 1.29 is 9.53 Å². The molecule has 1 unspecified atom stereocenters. The second kappa shape index (κ2) is 6.04. The van der Waals surface area contributed by atoms with Crippen LogP contribution in [0.25, 0.3) is 0 Å². The zero-order chi connectivity index (χ0) is 13.7. The van der Waals surface area contributed by atoms with E-state index in [0.717, 1.165) is 11.3 Å². The lowest BCUT2D eigenvalue weighted by Gasteiger charge is -2.15. The Hall–Kier alpha value is -2.30. The predicted molar refractivity (Wildman–Crippen MR) is 72.2 cm³/mol. The number of nitrogens with one attached hydrogen (secondary N) is 2. The monoisotopic (exact) mass is 259 g/mol. The molecule has 0 aliphatic heterocycles. The van der Waals surface area contributed by atoms with Gasteiger partial charge in [-0.25, -0.2) is 0 Å². The third-order valence-corrected chi connectivity index (χ3v) is 2.86. The van der Waals surface area contributed by atoms with Crippen LogP contribution in [-0.4, -0.2) is 29.3 Å². The van der Waals surface area contributed by atoms with Crippen LogP contribution < -0.4 is 10.1 Å². The van der Waals surface area contributed by atoms with E-state index in [4.69, 9.17) is 4.74 Å². The molecule has 2 rings (SSSR count). The number of amides is 1. The van der Waals surface area contributed by atoms with Gasteiger partial charge >= 0.3 is 0 Å². The highest BCUT2D eigenvalue weighted by molar-refractivity contribution is 5.93. The van der Waals surface area contributed by atoms with E-state index in [0.29, 0.717) is 12.0 Å². The second-order valence-corrected chi connectivity index (χ2v) is 4.38. The minimum Gasteiger partial charge on any atom is -0.496 e. The molecule has 0 saturated carbocycles. The van der Waals surface area contributed by atoms with Crippen LogP contribution in [-0.2, 0) is 6.42 Å². The van der Waals surface area contributed by atoms with E-state index in [1.165, 1.54) is 6.20 Å². The first-order valence-corrected chi connectivity index (χ1v) is 6.12. The van der Waals surface area contributed by atoms with Gasteiger partial charge < -0.3 is 10.1 Å². The van der Waals surface area contributed by atoms with E-state index < -0.39 is 0 Å². The van der Waals surface area contributed by atoms with Gasteiger partial charge in [-0.1, -0.05) is 18.2 Å². The number of carbonyl (C=O) groups excluding carboxylic acids is 1. The highest BCUT2D eigenvalue weighted by Crippen LogP contribution is 2.18. The summed E-state index contributed by atoms with van der Waals surface area (Å²) in [6.07, 6.45) is 3.80. The Balaban J connectivity index is 1.97. The molecule has 19 heavy (non-hydrogen) atoms. The van der Waals surface area contributed by atoms with Crippen LogP contribution in [0.15, 0.2) is 36.7 Å². The molecule has 1 aromatic heterocycles. The van der Waals surface area contributed by atoms with Crippen LogP contribution in [0, 0.1) is 0 Å². The molecule has 0 aliphatic rings. The molecule has 0 spiro atoms. The van der Waals surface area contributed by atoms with E-state index >= 15 is 0 Å². The summed E-state index contributed by atoms with van der Waals surface area (Å²) in [6, 6.07) is 7.82. The topological polar surface area (TPSA) is 67.0 Å². The molecular weight excluding hydrogens is 242 g/mol. The van der Waals surface area contributed by atoms with Crippen molar-refractivity contribution in [3.63, 3.8) is 0 Å². The third kappa shape index (κ3) is 3.34. The van der Waals surface area contributed by atoms with Crippen molar-refractivity contribution in [2.75, 3.05) is 7.11 Å². The van der Waals surface area contributed by atoms with Gasteiger partial charge in [-0.15, -0.1) is 0 Å². The van der Waals surface area contributed by atoms with Crippen molar-refractivity contribution in [2.45, 2.75) is 19.4 Å². The average molecular weight is 259 g/mol. The van der Waals surface area contributed by atoms with E-state index in [1.807, 2.05) is 31.2 Å². The molecule has 0 fully saturated rings. The number of para-hydroxylation sites is 1. The number of hydrogen-bond acceptors (Lipinski definition) is 3. The minimum absolute atomic E-state index is 0.0127. The number of aromatic amines is 1. The number of nitrogens with zero attached hydrogens (tertiary/aromatic N) is 1. The molecule has 1 atom stereocenters. The number of ether oxygens (including phenoxy) is 1. The highest BCUT2D eigenvalue weighted by atomic mass is 16.5. The maximum atomic E-state index is 11.9. The van der Waals surface area contributed by atoms with Crippen molar-refractivity contribution in [2.24, 2.45) is 0 Å². The van der Waals surface area contributed by atoms with Gasteiger partial charge in [0.1, 0.15) is 5.75 Å². The van der Waals surface area contributed by atoms with Crippen molar-refractivity contribution >= 4 is 5.91 Å². The number of hydrogen-bond donors (Lipinski definition) is 2. The van der Waals surface area contributed by atoms with Crippen molar-refractivity contribution in [3.05, 3.63) is 47.8 Å². The molecule has 0 saturated heterocycles. The Morgan fingerprint density at radius 3 is 2.95 bits per heavy atom. The van der Waals surface area contributed by atoms with E-state index in [1.54, 1.807) is 13.3 Å².